The first-order valence-corrected chi connectivity index (χ1v) is 10.6. The summed E-state index contributed by atoms with van der Waals surface area (Å²) in [6.45, 7) is 0.707. The second-order valence-corrected chi connectivity index (χ2v) is 8.13. The summed E-state index contributed by atoms with van der Waals surface area (Å²) in [6.07, 6.45) is 0.752. The quantitative estimate of drug-likeness (QED) is 0.612. The van der Waals surface area contributed by atoms with Gasteiger partial charge in [0.1, 0.15) is 17.5 Å². The number of rotatable bonds is 6. The fraction of sp³-hybridized carbons (Fsp3) is 0.318. The molecule has 5 nitrogen and oxygen atoms in total. The van der Waals surface area contributed by atoms with Gasteiger partial charge in [-0.1, -0.05) is 0 Å². The Morgan fingerprint density at radius 1 is 0.968 bits per heavy atom. The molecule has 9 heteroatoms. The third kappa shape index (κ3) is 5.72. The monoisotopic (exact) mass is 496 g/mol. The number of carbonyl (C=O) groups is 3. The van der Waals surface area contributed by atoms with Gasteiger partial charge in [-0.25, -0.2) is 13.2 Å². The highest BCUT2D eigenvalue weighted by Gasteiger charge is 2.29. The van der Waals surface area contributed by atoms with E-state index in [2.05, 4.69) is 21.2 Å². The number of amides is 2. The van der Waals surface area contributed by atoms with Crippen LogP contribution in [0.1, 0.15) is 40.0 Å². The van der Waals surface area contributed by atoms with Crippen molar-refractivity contribution in [3.8, 4) is 0 Å². The molecule has 164 valence electrons. The van der Waals surface area contributed by atoms with E-state index in [1.165, 1.54) is 12.1 Å². The number of nitrogens with zero attached hydrogens (tertiary/aromatic N) is 1. The zero-order chi connectivity index (χ0) is 22.5. The van der Waals surface area contributed by atoms with E-state index in [0.717, 1.165) is 24.3 Å². The van der Waals surface area contributed by atoms with Gasteiger partial charge in [0.2, 0.25) is 5.91 Å². The summed E-state index contributed by atoms with van der Waals surface area (Å²) in [7, 11) is 0. The third-order valence-corrected chi connectivity index (χ3v) is 5.90. The number of halogens is 4. The summed E-state index contributed by atoms with van der Waals surface area (Å²) in [4.78, 5) is 38.6. The lowest BCUT2D eigenvalue weighted by Gasteiger charge is -2.31. The number of hydrogen-bond acceptors (Lipinski definition) is 3. The molecule has 0 aliphatic carbocycles. The molecule has 3 rings (SSSR count). The van der Waals surface area contributed by atoms with E-state index in [-0.39, 0.29) is 30.0 Å². The first-order valence-electron chi connectivity index (χ1n) is 9.76. The zero-order valence-corrected chi connectivity index (χ0v) is 18.1. The highest BCUT2D eigenvalue weighted by Crippen LogP contribution is 2.24. The first kappa shape index (κ1) is 23.0. The van der Waals surface area contributed by atoms with Gasteiger partial charge >= 0.3 is 0 Å². The van der Waals surface area contributed by atoms with Crippen LogP contribution in [0.15, 0.2) is 40.9 Å². The van der Waals surface area contributed by atoms with Crippen LogP contribution < -0.4 is 5.32 Å². The Bertz CT molecular complexity index is 1010. The minimum atomic E-state index is -0.759. The average Bonchev–Trinajstić information content (AvgIpc) is 2.76. The third-order valence-electron chi connectivity index (χ3n) is 5.21. The highest BCUT2D eigenvalue weighted by atomic mass is 79.9. The van der Waals surface area contributed by atoms with E-state index in [4.69, 9.17) is 0 Å². The number of benzene rings is 2. The molecular formula is C22H20BrF3N2O3. The summed E-state index contributed by atoms with van der Waals surface area (Å²) in [5, 5.41) is 2.58. The van der Waals surface area contributed by atoms with Gasteiger partial charge in [-0.2, -0.15) is 0 Å². The van der Waals surface area contributed by atoms with Gasteiger partial charge in [0.15, 0.2) is 5.78 Å². The van der Waals surface area contributed by atoms with Crippen molar-refractivity contribution < 1.29 is 27.6 Å². The van der Waals surface area contributed by atoms with Crippen LogP contribution in [-0.2, 0) is 4.79 Å². The maximum atomic E-state index is 13.8. The van der Waals surface area contributed by atoms with Gasteiger partial charge in [0, 0.05) is 36.4 Å². The highest BCUT2D eigenvalue weighted by molar-refractivity contribution is 9.10. The molecule has 1 heterocycles. The Morgan fingerprint density at radius 3 is 2.26 bits per heavy atom. The van der Waals surface area contributed by atoms with Crippen molar-refractivity contribution in [1.29, 1.82) is 0 Å². The van der Waals surface area contributed by atoms with Gasteiger partial charge < -0.3 is 10.2 Å². The van der Waals surface area contributed by atoms with Crippen LogP contribution in [0, 0.1) is 23.4 Å². The van der Waals surface area contributed by atoms with Gasteiger partial charge in [-0.15, -0.1) is 0 Å². The van der Waals surface area contributed by atoms with E-state index in [1.54, 1.807) is 4.90 Å². The number of carbonyl (C=O) groups excluding carboxylic acids is 3. The van der Waals surface area contributed by atoms with E-state index in [9.17, 15) is 27.6 Å². The van der Waals surface area contributed by atoms with Crippen LogP contribution >= 0.6 is 15.9 Å². The predicted molar refractivity (Wildman–Crippen MR) is 111 cm³/mol. The maximum absolute atomic E-state index is 13.8. The van der Waals surface area contributed by atoms with Crippen molar-refractivity contribution in [2.75, 3.05) is 19.6 Å². The van der Waals surface area contributed by atoms with Gasteiger partial charge in [-0.05, 0) is 65.2 Å². The molecule has 0 saturated carbocycles. The van der Waals surface area contributed by atoms with Crippen LogP contribution in [0.4, 0.5) is 13.2 Å². The van der Waals surface area contributed by atoms with Gasteiger partial charge in [0.05, 0.1) is 11.1 Å². The fourth-order valence-electron chi connectivity index (χ4n) is 3.51. The lowest BCUT2D eigenvalue weighted by molar-refractivity contribution is -0.132. The van der Waals surface area contributed by atoms with E-state index in [0.29, 0.717) is 30.4 Å². The summed E-state index contributed by atoms with van der Waals surface area (Å²) in [5.74, 6) is -3.61. The number of likely N-dealkylation sites (tertiary alicyclic amines) is 1. The summed E-state index contributed by atoms with van der Waals surface area (Å²) >= 11 is 3.18. The lowest BCUT2D eigenvalue weighted by atomic mass is 9.88. The normalized spacial score (nSPS) is 14.4. The summed E-state index contributed by atoms with van der Waals surface area (Å²) < 4.78 is 40.9. The van der Waals surface area contributed by atoms with Crippen LogP contribution in [0.3, 0.4) is 0 Å². The molecule has 0 bridgehead atoms. The number of piperidine rings is 1. The Kier molecular flexibility index (Phi) is 7.48. The van der Waals surface area contributed by atoms with E-state index < -0.39 is 35.1 Å². The van der Waals surface area contributed by atoms with Gasteiger partial charge in [-0.3, -0.25) is 14.4 Å². The zero-order valence-electron chi connectivity index (χ0n) is 16.5. The molecule has 0 atom stereocenters. The molecule has 2 amide bonds. The SMILES string of the molecule is O=C(NCCC(=O)N1CCC(C(=O)c2cc(F)ccc2F)CC1)c1cc(F)ccc1Br. The average molecular weight is 497 g/mol. The molecular weight excluding hydrogens is 477 g/mol. The molecule has 0 unspecified atom stereocenters. The van der Waals surface area contributed by atoms with E-state index >= 15 is 0 Å². The first-order chi connectivity index (χ1) is 14.8. The largest absolute Gasteiger partial charge is 0.351 e. The molecule has 2 aromatic carbocycles. The molecule has 1 saturated heterocycles. The molecule has 31 heavy (non-hydrogen) atoms. The van der Waals surface area contributed by atoms with Crippen molar-refractivity contribution >= 4 is 33.5 Å². The predicted octanol–water partition coefficient (Wildman–Crippen LogP) is 4.11. The van der Waals surface area contributed by atoms with Crippen molar-refractivity contribution in [1.82, 2.24) is 10.2 Å². The summed E-state index contributed by atoms with van der Waals surface area (Å²) in [5.41, 5.74) is -0.132. The topological polar surface area (TPSA) is 66.5 Å². The second kappa shape index (κ2) is 10.1. The molecule has 0 aromatic heterocycles. The molecule has 1 fully saturated rings. The van der Waals surface area contributed by atoms with Crippen molar-refractivity contribution in [3.05, 3.63) is 69.4 Å². The maximum Gasteiger partial charge on any atom is 0.252 e. The fourth-order valence-corrected chi connectivity index (χ4v) is 3.93. The lowest BCUT2D eigenvalue weighted by Crippen LogP contribution is -2.41. The standard InChI is InChI=1S/C22H20BrF3N2O3/c23-18-3-1-14(24)11-16(18)22(31)27-8-5-20(29)28-9-6-13(7-10-28)21(30)17-12-15(25)2-4-19(17)26/h1-4,11-13H,5-10H2,(H,27,31). The molecule has 1 N–H and O–H groups in total. The van der Waals surface area contributed by atoms with Crippen molar-refractivity contribution in [2.45, 2.75) is 19.3 Å². The molecule has 0 radical (unpaired) electrons. The minimum Gasteiger partial charge on any atom is -0.351 e. The summed E-state index contributed by atoms with van der Waals surface area (Å²) in [6, 6.07) is 6.54. The Hall–Kier alpha value is -2.68. The minimum absolute atomic E-state index is 0.0514. The Morgan fingerprint density at radius 2 is 1.58 bits per heavy atom. The Balaban J connectivity index is 1.47. The molecule has 1 aliphatic heterocycles. The Labute approximate surface area is 185 Å². The van der Waals surface area contributed by atoms with Crippen LogP contribution in [0.5, 0.6) is 0 Å². The van der Waals surface area contributed by atoms with Crippen molar-refractivity contribution in [3.63, 3.8) is 0 Å². The number of nitrogens with one attached hydrogen (secondary N) is 1. The number of ketones is 1. The molecule has 0 spiro atoms. The second-order valence-electron chi connectivity index (χ2n) is 7.27. The van der Waals surface area contributed by atoms with Crippen LogP contribution in [0.2, 0.25) is 0 Å². The smallest absolute Gasteiger partial charge is 0.252 e. The molecule has 2 aromatic rings. The number of Topliss-reactive ketones (excluding diaryl/α,β-unsaturated/α-hetero) is 1. The van der Waals surface area contributed by atoms with Crippen LogP contribution in [0.25, 0.3) is 0 Å². The van der Waals surface area contributed by atoms with Gasteiger partial charge in [0.25, 0.3) is 5.91 Å². The van der Waals surface area contributed by atoms with Crippen molar-refractivity contribution in [2.24, 2.45) is 5.92 Å². The van der Waals surface area contributed by atoms with E-state index in [1.807, 2.05) is 0 Å². The van der Waals surface area contributed by atoms with Crippen LogP contribution in [-0.4, -0.2) is 42.1 Å². The number of hydrogen-bond donors (Lipinski definition) is 1. The molecule has 1 aliphatic rings.